The number of benzene rings is 2. The fourth-order valence-electron chi connectivity index (χ4n) is 6.64. The van der Waals surface area contributed by atoms with Gasteiger partial charge < -0.3 is 28.8 Å². The van der Waals surface area contributed by atoms with E-state index in [0.717, 1.165) is 16.7 Å². The average Bonchev–Trinajstić information content (AvgIpc) is 3.69. The van der Waals surface area contributed by atoms with E-state index < -0.39 is 48.2 Å². The van der Waals surface area contributed by atoms with Gasteiger partial charge in [0.2, 0.25) is 0 Å². The van der Waals surface area contributed by atoms with Crippen molar-refractivity contribution in [2.75, 3.05) is 27.3 Å². The van der Waals surface area contributed by atoms with Gasteiger partial charge in [-0.25, -0.2) is 19.2 Å². The van der Waals surface area contributed by atoms with Crippen LogP contribution >= 0.6 is 0 Å². The van der Waals surface area contributed by atoms with Gasteiger partial charge >= 0.3 is 24.1 Å². The van der Waals surface area contributed by atoms with Crippen LogP contribution in [-0.2, 0) is 46.5 Å². The Hall–Kier alpha value is -4.42. The number of amides is 2. The molecule has 0 radical (unpaired) electrons. The summed E-state index contributed by atoms with van der Waals surface area (Å²) in [6.07, 6.45) is -0.991. The predicted octanol–water partition coefficient (Wildman–Crippen LogP) is 5.12. The molecule has 0 bridgehead atoms. The largest absolute Gasteiger partial charge is 0.467 e. The van der Waals surface area contributed by atoms with Crippen LogP contribution in [0.25, 0.3) is 0 Å². The number of carbonyl (C=O) groups excluding carboxylic acids is 4. The van der Waals surface area contributed by atoms with Crippen molar-refractivity contribution >= 4 is 24.1 Å². The lowest BCUT2D eigenvalue weighted by atomic mass is 9.90. The fraction of sp³-hybridized carbons (Fsp3) is 0.514. The Morgan fingerprint density at radius 1 is 0.837 bits per heavy atom. The molecule has 0 aromatic heterocycles. The van der Waals surface area contributed by atoms with E-state index in [4.69, 9.17) is 23.7 Å². The number of esters is 2. The number of allylic oxidation sites excluding steroid dienone is 1. The summed E-state index contributed by atoms with van der Waals surface area (Å²) in [5, 5.41) is 10.3. The van der Waals surface area contributed by atoms with Crippen molar-refractivity contribution in [3.05, 3.63) is 83.9 Å². The van der Waals surface area contributed by atoms with Crippen LogP contribution in [0.3, 0.4) is 0 Å². The van der Waals surface area contributed by atoms with Gasteiger partial charge in [0.25, 0.3) is 0 Å². The van der Waals surface area contributed by atoms with Gasteiger partial charge in [-0.3, -0.25) is 9.80 Å². The summed E-state index contributed by atoms with van der Waals surface area (Å²) < 4.78 is 26.4. The molecular weight excluding hydrogens is 632 g/mol. The van der Waals surface area contributed by atoms with Crippen molar-refractivity contribution in [2.45, 2.75) is 84.1 Å². The first-order valence-electron chi connectivity index (χ1n) is 16.0. The molecule has 5 rings (SSSR count). The highest BCUT2D eigenvalue weighted by Crippen LogP contribution is 2.43. The standard InChI is InChI=1S/2C18H23NO5.CH4/c1-18(2)9-13-14(24-18)10-19(15(13)16(20)22-3)17(21)23-11-12-7-5-4-6-8-12;1-12(2)9-14-15(20)10-19(16(14)17(21)23-3)18(22)24-11-13-7-5-4-6-8-13;/h4-8,13-15H,9-11H2,1-3H3;4-8,14-16,20H,1,9-11H2,2-3H3;1H4/t13?,14?,15-;14-,15-,16-;/m00./s1. The first-order valence-corrected chi connectivity index (χ1v) is 16.0. The molecule has 12 nitrogen and oxygen atoms in total. The lowest BCUT2D eigenvalue weighted by Crippen LogP contribution is -2.45. The summed E-state index contributed by atoms with van der Waals surface area (Å²) in [5.74, 6) is -1.48. The van der Waals surface area contributed by atoms with Crippen LogP contribution in [0.4, 0.5) is 9.59 Å². The normalized spacial score (nSPS) is 24.8. The van der Waals surface area contributed by atoms with Crippen molar-refractivity contribution in [3.63, 3.8) is 0 Å². The number of likely N-dealkylation sites (tertiary alicyclic amines) is 2. The van der Waals surface area contributed by atoms with Gasteiger partial charge in [-0.05, 0) is 44.7 Å². The Morgan fingerprint density at radius 3 is 1.78 bits per heavy atom. The van der Waals surface area contributed by atoms with Crippen molar-refractivity contribution in [3.8, 4) is 0 Å². The molecule has 3 heterocycles. The number of aliphatic hydroxyl groups excluding tert-OH is 1. The molecular formula is C37H50N2O10. The van der Waals surface area contributed by atoms with Crippen LogP contribution in [0.15, 0.2) is 72.8 Å². The van der Waals surface area contributed by atoms with Gasteiger partial charge in [0.1, 0.15) is 25.3 Å². The number of hydrogen-bond donors (Lipinski definition) is 1. The van der Waals surface area contributed by atoms with E-state index >= 15 is 0 Å². The molecule has 0 aliphatic carbocycles. The summed E-state index contributed by atoms with van der Waals surface area (Å²) in [5.41, 5.74) is 2.28. The molecule has 3 aliphatic heterocycles. The highest BCUT2D eigenvalue weighted by Gasteiger charge is 2.56. The molecule has 2 aromatic carbocycles. The molecule has 2 amide bonds. The van der Waals surface area contributed by atoms with Crippen LogP contribution in [0.2, 0.25) is 0 Å². The molecule has 268 valence electrons. The van der Waals surface area contributed by atoms with Gasteiger partial charge in [-0.1, -0.05) is 73.7 Å². The average molecular weight is 683 g/mol. The van der Waals surface area contributed by atoms with E-state index in [9.17, 15) is 24.3 Å². The highest BCUT2D eigenvalue weighted by atomic mass is 16.6. The monoisotopic (exact) mass is 682 g/mol. The molecule has 3 saturated heterocycles. The van der Waals surface area contributed by atoms with Crippen molar-refractivity contribution in [1.29, 1.82) is 0 Å². The summed E-state index contributed by atoms with van der Waals surface area (Å²) in [6, 6.07) is 17.2. The summed E-state index contributed by atoms with van der Waals surface area (Å²) in [6.45, 7) is 10.3. The van der Waals surface area contributed by atoms with E-state index in [0.29, 0.717) is 19.4 Å². The molecule has 6 atom stereocenters. The lowest BCUT2D eigenvalue weighted by Gasteiger charge is -2.27. The number of rotatable bonds is 8. The van der Waals surface area contributed by atoms with Crippen LogP contribution in [0, 0.1) is 11.8 Å². The second-order valence-electron chi connectivity index (χ2n) is 13.0. The molecule has 12 heteroatoms. The van der Waals surface area contributed by atoms with Gasteiger partial charge in [-0.15, -0.1) is 6.58 Å². The summed E-state index contributed by atoms with van der Waals surface area (Å²) in [7, 11) is 2.60. The highest BCUT2D eigenvalue weighted by molar-refractivity contribution is 5.83. The third-order valence-corrected chi connectivity index (χ3v) is 8.76. The van der Waals surface area contributed by atoms with Crippen molar-refractivity contribution in [2.24, 2.45) is 11.8 Å². The van der Waals surface area contributed by atoms with E-state index in [2.05, 4.69) is 6.58 Å². The van der Waals surface area contributed by atoms with Gasteiger partial charge in [0.15, 0.2) is 0 Å². The van der Waals surface area contributed by atoms with E-state index in [-0.39, 0.29) is 44.8 Å². The molecule has 2 aromatic rings. The van der Waals surface area contributed by atoms with Crippen molar-refractivity contribution in [1.82, 2.24) is 9.80 Å². The third-order valence-electron chi connectivity index (χ3n) is 8.76. The second kappa shape index (κ2) is 17.3. The zero-order valence-electron chi connectivity index (χ0n) is 28.2. The summed E-state index contributed by atoms with van der Waals surface area (Å²) >= 11 is 0. The number of fused-ring (bicyclic) bond motifs is 1. The Morgan fingerprint density at radius 2 is 1.31 bits per heavy atom. The minimum Gasteiger partial charge on any atom is -0.467 e. The summed E-state index contributed by atoms with van der Waals surface area (Å²) in [4.78, 5) is 51.9. The molecule has 0 spiro atoms. The predicted molar refractivity (Wildman–Crippen MR) is 181 cm³/mol. The third kappa shape index (κ3) is 9.82. The Bertz CT molecular complexity index is 1430. The maximum absolute atomic E-state index is 12.5. The van der Waals surface area contributed by atoms with Crippen molar-refractivity contribution < 1.29 is 48.0 Å². The fourth-order valence-corrected chi connectivity index (χ4v) is 6.64. The van der Waals surface area contributed by atoms with Gasteiger partial charge in [0, 0.05) is 11.8 Å². The molecule has 3 fully saturated rings. The quantitative estimate of drug-likeness (QED) is 0.227. The number of aliphatic hydroxyl groups is 1. The maximum atomic E-state index is 12.5. The Balaban J connectivity index is 0.000000260. The zero-order valence-corrected chi connectivity index (χ0v) is 28.2. The second-order valence-corrected chi connectivity index (χ2v) is 13.0. The molecule has 1 N–H and O–H groups in total. The number of β-amino-alcohol motifs (C(OH)–C–C–N with tert-alkyl or cyclic N) is 1. The minimum atomic E-state index is -0.870. The molecule has 2 unspecified atom stereocenters. The van der Waals surface area contributed by atoms with E-state index in [1.807, 2.05) is 81.4 Å². The molecule has 3 aliphatic rings. The minimum absolute atomic E-state index is 0. The van der Waals surface area contributed by atoms with Crippen LogP contribution in [-0.4, -0.2) is 96.2 Å². The number of ether oxygens (including phenoxy) is 5. The van der Waals surface area contributed by atoms with Crippen LogP contribution in [0.1, 0.15) is 52.2 Å². The zero-order chi connectivity index (χ0) is 35.0. The lowest BCUT2D eigenvalue weighted by molar-refractivity contribution is -0.147. The smallest absolute Gasteiger partial charge is 0.410 e. The SMILES string of the molecule is C.C=C(C)C[C@@H]1[C@@H](C(=O)OC)N(C(=O)OCc2ccccc2)C[C@@H]1O.COC(=O)[C@@H]1C2CC(C)(C)OC2CN1C(=O)OCc1ccccc1. The van der Waals surface area contributed by atoms with E-state index in [1.165, 1.54) is 24.0 Å². The van der Waals surface area contributed by atoms with Crippen LogP contribution in [0.5, 0.6) is 0 Å². The molecule has 0 saturated carbocycles. The van der Waals surface area contributed by atoms with Crippen LogP contribution < -0.4 is 0 Å². The topological polar surface area (TPSA) is 141 Å². The first-order chi connectivity index (χ1) is 22.8. The maximum Gasteiger partial charge on any atom is 0.410 e. The van der Waals surface area contributed by atoms with E-state index in [1.54, 1.807) is 0 Å². The van der Waals surface area contributed by atoms with Gasteiger partial charge in [0.05, 0.1) is 45.1 Å². The molecule has 49 heavy (non-hydrogen) atoms. The Kier molecular flexibility index (Phi) is 13.8. The number of carbonyl (C=O) groups is 4. The first kappa shape index (κ1) is 39.0. The Labute approximate surface area is 288 Å². The number of methoxy groups -OCH3 is 2. The number of hydrogen-bond acceptors (Lipinski definition) is 10. The van der Waals surface area contributed by atoms with Gasteiger partial charge in [-0.2, -0.15) is 0 Å². The number of nitrogens with zero attached hydrogens (tertiary/aromatic N) is 2.